The highest BCUT2D eigenvalue weighted by Gasteiger charge is 2.34. The maximum absolute atomic E-state index is 12.8. The molecule has 118 valence electrons. The summed E-state index contributed by atoms with van der Waals surface area (Å²) in [5.74, 6) is -0.600. The van der Waals surface area contributed by atoms with E-state index in [1.165, 1.54) is 11.4 Å². The highest BCUT2D eigenvalue weighted by molar-refractivity contribution is 7.89. The number of sulfonamides is 1. The van der Waals surface area contributed by atoms with Gasteiger partial charge in [0, 0.05) is 19.1 Å². The Bertz CT molecular complexity index is 616. The van der Waals surface area contributed by atoms with Crippen LogP contribution in [0, 0.1) is 6.92 Å². The van der Waals surface area contributed by atoms with Gasteiger partial charge in [-0.2, -0.15) is 4.31 Å². The van der Waals surface area contributed by atoms with Gasteiger partial charge in [-0.25, -0.2) is 13.2 Å². The van der Waals surface area contributed by atoms with Crippen molar-refractivity contribution in [2.45, 2.75) is 30.7 Å². The van der Waals surface area contributed by atoms with Gasteiger partial charge in [-0.1, -0.05) is 0 Å². The summed E-state index contributed by atoms with van der Waals surface area (Å²) in [5, 5.41) is 4.85. The Labute approximate surface area is 129 Å². The number of methoxy groups -OCH3 is 1. The Kier molecular flexibility index (Phi) is 5.03. The summed E-state index contributed by atoms with van der Waals surface area (Å²) in [5.41, 5.74) is 0.594. The maximum atomic E-state index is 12.8. The number of thiophene rings is 1. The third kappa shape index (κ3) is 3.13. The largest absolute Gasteiger partial charge is 0.465 e. The first-order valence-electron chi connectivity index (χ1n) is 6.75. The van der Waals surface area contributed by atoms with Gasteiger partial charge in [-0.3, -0.25) is 0 Å². The van der Waals surface area contributed by atoms with E-state index in [0.29, 0.717) is 24.7 Å². The summed E-state index contributed by atoms with van der Waals surface area (Å²) < 4.78 is 31.8. The molecule has 1 aromatic heterocycles. The molecule has 1 fully saturated rings. The minimum atomic E-state index is -3.65. The molecule has 6 nitrogen and oxygen atoms in total. The molecule has 0 atom stereocenters. The fourth-order valence-electron chi connectivity index (χ4n) is 2.50. The molecular formula is C13H20N2O4S2. The lowest BCUT2D eigenvalue weighted by molar-refractivity contribution is 0.0602. The van der Waals surface area contributed by atoms with Crippen molar-refractivity contribution in [1.29, 1.82) is 0 Å². The number of esters is 1. The molecule has 0 radical (unpaired) electrons. The molecule has 8 heteroatoms. The summed E-state index contributed by atoms with van der Waals surface area (Å²) in [4.78, 5) is 12.0. The van der Waals surface area contributed by atoms with Crippen LogP contribution in [0.5, 0.6) is 0 Å². The molecule has 1 aliphatic rings. The number of carbonyl (C=O) groups is 1. The number of hydrogen-bond donors (Lipinski definition) is 1. The van der Waals surface area contributed by atoms with Crippen LogP contribution in [-0.2, 0) is 14.8 Å². The number of nitrogens with one attached hydrogen (secondary N) is 1. The summed E-state index contributed by atoms with van der Waals surface area (Å²) in [6.07, 6.45) is 1.54. The molecule has 21 heavy (non-hydrogen) atoms. The minimum absolute atomic E-state index is 0.0993. The average Bonchev–Trinajstić information content (AvgIpc) is 2.89. The third-order valence-corrected chi connectivity index (χ3v) is 7.04. The van der Waals surface area contributed by atoms with Gasteiger partial charge in [0.1, 0.15) is 9.77 Å². The second kappa shape index (κ2) is 6.43. The monoisotopic (exact) mass is 332 g/mol. The molecule has 0 bridgehead atoms. The summed E-state index contributed by atoms with van der Waals surface area (Å²) in [6, 6.07) is 0.347. The van der Waals surface area contributed by atoms with Crippen molar-refractivity contribution < 1.29 is 17.9 Å². The summed E-state index contributed by atoms with van der Waals surface area (Å²) in [6.45, 7) is 2.63. The topological polar surface area (TPSA) is 75.7 Å². The zero-order valence-electron chi connectivity index (χ0n) is 12.4. The average molecular weight is 332 g/mol. The van der Waals surface area contributed by atoms with E-state index in [2.05, 4.69) is 10.1 Å². The van der Waals surface area contributed by atoms with Crippen LogP contribution in [0.1, 0.15) is 28.1 Å². The molecule has 1 aromatic rings. The SMILES string of the molecule is CNC1CCN(S(=O)(=O)c2c(C)csc2C(=O)OC)CC1. The van der Waals surface area contributed by atoms with E-state index < -0.39 is 16.0 Å². The van der Waals surface area contributed by atoms with Gasteiger partial charge in [0.2, 0.25) is 10.0 Å². The van der Waals surface area contributed by atoms with Crippen molar-refractivity contribution in [2.24, 2.45) is 0 Å². The third-order valence-electron chi connectivity index (χ3n) is 3.75. The highest BCUT2D eigenvalue weighted by atomic mass is 32.2. The van der Waals surface area contributed by atoms with Crippen LogP contribution in [0.3, 0.4) is 0 Å². The first-order valence-corrected chi connectivity index (χ1v) is 9.07. The summed E-state index contributed by atoms with van der Waals surface area (Å²) >= 11 is 1.11. The predicted molar refractivity (Wildman–Crippen MR) is 81.2 cm³/mol. The van der Waals surface area contributed by atoms with Gasteiger partial charge in [-0.05, 0) is 37.8 Å². The van der Waals surface area contributed by atoms with Crippen LogP contribution in [0.15, 0.2) is 10.3 Å². The number of piperidine rings is 1. The van der Waals surface area contributed by atoms with Crippen molar-refractivity contribution in [3.8, 4) is 0 Å². The van der Waals surface area contributed by atoms with Gasteiger partial charge in [0.05, 0.1) is 7.11 Å². The van der Waals surface area contributed by atoms with Gasteiger partial charge >= 0.3 is 5.97 Å². The van der Waals surface area contributed by atoms with E-state index >= 15 is 0 Å². The molecule has 0 unspecified atom stereocenters. The zero-order chi connectivity index (χ0) is 15.6. The first kappa shape index (κ1) is 16.4. The molecule has 1 aliphatic heterocycles. The fourth-order valence-corrected chi connectivity index (χ4v) is 5.63. The lowest BCUT2D eigenvalue weighted by atomic mass is 10.1. The second-order valence-electron chi connectivity index (χ2n) is 5.04. The van der Waals surface area contributed by atoms with Crippen molar-refractivity contribution in [3.63, 3.8) is 0 Å². The van der Waals surface area contributed by atoms with Crippen LogP contribution in [0.2, 0.25) is 0 Å². The smallest absolute Gasteiger partial charge is 0.349 e. The minimum Gasteiger partial charge on any atom is -0.465 e. The zero-order valence-corrected chi connectivity index (χ0v) is 14.0. The molecule has 0 aliphatic carbocycles. The van der Waals surface area contributed by atoms with Crippen molar-refractivity contribution in [2.75, 3.05) is 27.2 Å². The fraction of sp³-hybridized carbons (Fsp3) is 0.615. The Morgan fingerprint density at radius 3 is 2.57 bits per heavy atom. The Balaban J connectivity index is 2.32. The molecule has 2 heterocycles. The molecule has 0 spiro atoms. The quantitative estimate of drug-likeness (QED) is 0.839. The predicted octanol–water partition coefficient (Wildman–Crippen LogP) is 1.22. The molecule has 1 N–H and O–H groups in total. The second-order valence-corrected chi connectivity index (χ2v) is 7.79. The van der Waals surface area contributed by atoms with Crippen molar-refractivity contribution in [3.05, 3.63) is 15.8 Å². The molecular weight excluding hydrogens is 312 g/mol. The highest BCUT2D eigenvalue weighted by Crippen LogP contribution is 2.31. The van der Waals surface area contributed by atoms with E-state index in [1.54, 1.807) is 12.3 Å². The van der Waals surface area contributed by atoms with Crippen LogP contribution >= 0.6 is 11.3 Å². The first-order chi connectivity index (χ1) is 9.91. The molecule has 2 rings (SSSR count). The molecule has 0 aromatic carbocycles. The van der Waals surface area contributed by atoms with E-state index in [-0.39, 0.29) is 9.77 Å². The standard InChI is InChI=1S/C13H20N2O4S2/c1-9-8-20-11(13(16)19-3)12(9)21(17,18)15-6-4-10(14-2)5-7-15/h8,10,14H,4-7H2,1-3H3. The number of carbonyl (C=O) groups excluding carboxylic acids is 1. The number of rotatable bonds is 4. The lowest BCUT2D eigenvalue weighted by Gasteiger charge is -2.31. The van der Waals surface area contributed by atoms with Crippen LogP contribution in [0.25, 0.3) is 0 Å². The van der Waals surface area contributed by atoms with Gasteiger partial charge < -0.3 is 10.1 Å². The normalized spacial score (nSPS) is 17.9. The van der Waals surface area contributed by atoms with Gasteiger partial charge in [0.15, 0.2) is 0 Å². The number of nitrogens with zero attached hydrogens (tertiary/aromatic N) is 1. The molecule has 0 amide bonds. The van der Waals surface area contributed by atoms with Crippen molar-refractivity contribution >= 4 is 27.3 Å². The summed E-state index contributed by atoms with van der Waals surface area (Å²) in [7, 11) is -0.513. The molecule has 1 saturated heterocycles. The van der Waals surface area contributed by atoms with Gasteiger partial charge in [0.25, 0.3) is 0 Å². The van der Waals surface area contributed by atoms with E-state index in [9.17, 15) is 13.2 Å². The number of ether oxygens (including phenoxy) is 1. The number of hydrogen-bond acceptors (Lipinski definition) is 6. The number of aryl methyl sites for hydroxylation is 1. The van der Waals surface area contributed by atoms with Crippen LogP contribution in [-0.4, -0.2) is 52.0 Å². The van der Waals surface area contributed by atoms with Crippen molar-refractivity contribution in [1.82, 2.24) is 9.62 Å². The Hall–Kier alpha value is -0.960. The maximum Gasteiger partial charge on any atom is 0.349 e. The van der Waals surface area contributed by atoms with E-state index in [0.717, 1.165) is 24.2 Å². The lowest BCUT2D eigenvalue weighted by Crippen LogP contribution is -2.44. The Morgan fingerprint density at radius 2 is 2.05 bits per heavy atom. The Morgan fingerprint density at radius 1 is 1.43 bits per heavy atom. The molecule has 0 saturated carbocycles. The van der Waals surface area contributed by atoms with Crippen LogP contribution in [0.4, 0.5) is 0 Å². The van der Waals surface area contributed by atoms with Gasteiger partial charge in [-0.15, -0.1) is 11.3 Å². The van der Waals surface area contributed by atoms with Crippen LogP contribution < -0.4 is 5.32 Å². The van der Waals surface area contributed by atoms with E-state index in [4.69, 9.17) is 0 Å². The van der Waals surface area contributed by atoms with E-state index in [1.807, 2.05) is 7.05 Å².